The fourth-order valence-corrected chi connectivity index (χ4v) is 3.42. The van der Waals surface area contributed by atoms with Crippen molar-refractivity contribution in [3.8, 4) is 11.4 Å². The van der Waals surface area contributed by atoms with Crippen LogP contribution in [0.25, 0.3) is 11.4 Å². The molecular formula is C16H18N4O3S. The molecule has 1 aliphatic rings. The van der Waals surface area contributed by atoms with E-state index in [-0.39, 0.29) is 5.91 Å². The smallest absolute Gasteiger partial charge is 0.241 e. The minimum absolute atomic E-state index is 0.278. The van der Waals surface area contributed by atoms with Crippen LogP contribution in [0.2, 0.25) is 0 Å². The number of hydrogen-bond donors (Lipinski definition) is 1. The van der Waals surface area contributed by atoms with Crippen molar-refractivity contribution in [2.75, 3.05) is 6.26 Å². The summed E-state index contributed by atoms with van der Waals surface area (Å²) >= 11 is 0. The van der Waals surface area contributed by atoms with Crippen molar-refractivity contribution in [3.63, 3.8) is 0 Å². The monoisotopic (exact) mass is 346 g/mol. The number of amides is 1. The Balaban J connectivity index is 1.76. The van der Waals surface area contributed by atoms with Gasteiger partial charge in [0, 0.05) is 23.9 Å². The van der Waals surface area contributed by atoms with Gasteiger partial charge in [0.1, 0.15) is 0 Å². The van der Waals surface area contributed by atoms with Crippen LogP contribution in [0.3, 0.4) is 0 Å². The molecule has 7 nitrogen and oxygen atoms in total. The van der Waals surface area contributed by atoms with Gasteiger partial charge in [0.25, 0.3) is 0 Å². The Labute approximate surface area is 140 Å². The first kappa shape index (κ1) is 16.5. The molecule has 1 N–H and O–H groups in total. The van der Waals surface area contributed by atoms with Crippen molar-refractivity contribution in [2.45, 2.75) is 26.1 Å². The molecule has 3 rings (SSSR count). The molecule has 1 unspecified atom stereocenters. The number of carbonyl (C=O) groups excluding carboxylic acids is 1. The van der Waals surface area contributed by atoms with Gasteiger partial charge in [0.15, 0.2) is 5.82 Å². The van der Waals surface area contributed by atoms with Gasteiger partial charge in [-0.2, -0.15) is 0 Å². The van der Waals surface area contributed by atoms with Gasteiger partial charge in [-0.3, -0.25) is 4.79 Å². The van der Waals surface area contributed by atoms with Crippen LogP contribution in [0.1, 0.15) is 18.2 Å². The van der Waals surface area contributed by atoms with Crippen LogP contribution in [-0.4, -0.2) is 41.5 Å². The van der Waals surface area contributed by atoms with Crippen LogP contribution < -0.4 is 4.72 Å². The molecule has 0 saturated carbocycles. The van der Waals surface area contributed by atoms with Gasteiger partial charge in [0.05, 0.1) is 24.5 Å². The van der Waals surface area contributed by atoms with Crippen LogP contribution in [0.4, 0.5) is 0 Å². The Morgan fingerprint density at radius 2 is 1.96 bits per heavy atom. The SMILES string of the molecule is CC(NS(C)(=O)=O)C(=O)N1Cc2cnc(-c3ccccc3)nc2C1. The summed E-state index contributed by atoms with van der Waals surface area (Å²) in [5.41, 5.74) is 2.59. The van der Waals surface area contributed by atoms with Gasteiger partial charge < -0.3 is 4.90 Å². The highest BCUT2D eigenvalue weighted by Crippen LogP contribution is 2.24. The van der Waals surface area contributed by atoms with Crippen LogP contribution >= 0.6 is 0 Å². The zero-order valence-corrected chi connectivity index (χ0v) is 14.2. The fourth-order valence-electron chi connectivity index (χ4n) is 2.68. The van der Waals surface area contributed by atoms with Gasteiger partial charge in [-0.1, -0.05) is 30.3 Å². The number of nitrogens with zero attached hydrogens (tertiary/aromatic N) is 3. The van der Waals surface area contributed by atoms with Crippen LogP contribution in [0.15, 0.2) is 36.5 Å². The van der Waals surface area contributed by atoms with Gasteiger partial charge in [-0.15, -0.1) is 0 Å². The van der Waals surface area contributed by atoms with Crippen LogP contribution in [-0.2, 0) is 27.9 Å². The second-order valence-corrected chi connectivity index (χ2v) is 7.62. The Morgan fingerprint density at radius 1 is 1.25 bits per heavy atom. The predicted molar refractivity (Wildman–Crippen MR) is 89.2 cm³/mol. The van der Waals surface area contributed by atoms with E-state index >= 15 is 0 Å². The van der Waals surface area contributed by atoms with E-state index in [0.717, 1.165) is 23.1 Å². The van der Waals surface area contributed by atoms with E-state index in [1.54, 1.807) is 11.1 Å². The topological polar surface area (TPSA) is 92.3 Å². The normalized spacial score (nSPS) is 15.2. The average molecular weight is 346 g/mol. The number of nitrogens with one attached hydrogen (secondary N) is 1. The predicted octanol–water partition coefficient (Wildman–Crippen LogP) is 0.923. The lowest BCUT2D eigenvalue weighted by atomic mass is 10.2. The van der Waals surface area contributed by atoms with Crippen molar-refractivity contribution in [2.24, 2.45) is 0 Å². The third kappa shape index (κ3) is 3.60. The molecular weight excluding hydrogens is 328 g/mol. The van der Waals surface area contributed by atoms with Gasteiger partial charge >= 0.3 is 0 Å². The number of rotatable bonds is 4. The van der Waals surface area contributed by atoms with Crippen LogP contribution in [0.5, 0.6) is 0 Å². The summed E-state index contributed by atoms with van der Waals surface area (Å²) in [7, 11) is -3.43. The highest BCUT2D eigenvalue weighted by molar-refractivity contribution is 7.88. The molecule has 2 aromatic rings. The summed E-state index contributed by atoms with van der Waals surface area (Å²) in [5.74, 6) is 0.339. The summed E-state index contributed by atoms with van der Waals surface area (Å²) in [6.45, 7) is 2.28. The molecule has 1 aromatic heterocycles. The molecule has 0 radical (unpaired) electrons. The van der Waals surface area contributed by atoms with E-state index in [0.29, 0.717) is 18.9 Å². The summed E-state index contributed by atoms with van der Waals surface area (Å²) in [6, 6.07) is 8.81. The van der Waals surface area contributed by atoms with E-state index in [1.165, 1.54) is 6.92 Å². The molecule has 0 aliphatic carbocycles. The zero-order valence-electron chi connectivity index (χ0n) is 13.4. The first-order valence-corrected chi connectivity index (χ1v) is 9.39. The fraction of sp³-hybridized carbons (Fsp3) is 0.312. The quantitative estimate of drug-likeness (QED) is 0.889. The largest absolute Gasteiger partial charge is 0.331 e. The Kier molecular flexibility index (Phi) is 4.33. The minimum Gasteiger partial charge on any atom is -0.331 e. The van der Waals surface area contributed by atoms with Crippen molar-refractivity contribution in [3.05, 3.63) is 47.8 Å². The van der Waals surface area contributed by atoms with E-state index in [2.05, 4.69) is 14.7 Å². The van der Waals surface area contributed by atoms with Crippen LogP contribution in [0, 0.1) is 0 Å². The number of sulfonamides is 1. The van der Waals surface area contributed by atoms with E-state index in [9.17, 15) is 13.2 Å². The molecule has 0 bridgehead atoms. The average Bonchev–Trinajstić information content (AvgIpc) is 2.96. The third-order valence-electron chi connectivity index (χ3n) is 3.76. The number of fused-ring (bicyclic) bond motifs is 1. The molecule has 2 heterocycles. The molecule has 24 heavy (non-hydrogen) atoms. The highest BCUT2D eigenvalue weighted by Gasteiger charge is 2.29. The maximum absolute atomic E-state index is 12.4. The summed E-state index contributed by atoms with van der Waals surface area (Å²) in [5, 5.41) is 0. The number of carbonyl (C=O) groups is 1. The zero-order chi connectivity index (χ0) is 17.3. The number of benzene rings is 1. The van der Waals surface area contributed by atoms with E-state index in [4.69, 9.17) is 0 Å². The van der Waals surface area contributed by atoms with Gasteiger partial charge in [-0.25, -0.2) is 23.1 Å². The van der Waals surface area contributed by atoms with Gasteiger partial charge in [0.2, 0.25) is 15.9 Å². The Bertz CT molecular complexity index is 868. The maximum Gasteiger partial charge on any atom is 0.241 e. The Morgan fingerprint density at radius 3 is 2.62 bits per heavy atom. The highest BCUT2D eigenvalue weighted by atomic mass is 32.2. The number of aromatic nitrogens is 2. The lowest BCUT2D eigenvalue weighted by molar-refractivity contribution is -0.133. The third-order valence-corrected chi connectivity index (χ3v) is 4.54. The molecule has 1 aliphatic heterocycles. The molecule has 0 spiro atoms. The second kappa shape index (κ2) is 6.29. The maximum atomic E-state index is 12.4. The lowest BCUT2D eigenvalue weighted by Gasteiger charge is -2.20. The summed E-state index contributed by atoms with van der Waals surface area (Å²) < 4.78 is 24.9. The second-order valence-electron chi connectivity index (χ2n) is 5.84. The molecule has 0 saturated heterocycles. The van der Waals surface area contributed by atoms with Crippen molar-refractivity contribution in [1.29, 1.82) is 0 Å². The molecule has 1 atom stereocenters. The van der Waals surface area contributed by atoms with Crippen molar-refractivity contribution in [1.82, 2.24) is 19.6 Å². The van der Waals surface area contributed by atoms with E-state index in [1.807, 2.05) is 30.3 Å². The molecule has 0 fully saturated rings. The molecule has 8 heteroatoms. The number of hydrogen-bond acceptors (Lipinski definition) is 5. The lowest BCUT2D eigenvalue weighted by Crippen LogP contribution is -2.44. The van der Waals surface area contributed by atoms with Crippen molar-refractivity contribution >= 4 is 15.9 Å². The van der Waals surface area contributed by atoms with Crippen molar-refractivity contribution < 1.29 is 13.2 Å². The molecule has 1 amide bonds. The first-order valence-electron chi connectivity index (χ1n) is 7.50. The minimum atomic E-state index is -3.43. The Hall–Kier alpha value is -2.32. The van der Waals surface area contributed by atoms with E-state index < -0.39 is 16.1 Å². The summed E-state index contributed by atoms with van der Waals surface area (Å²) in [4.78, 5) is 22.9. The summed E-state index contributed by atoms with van der Waals surface area (Å²) in [6.07, 6.45) is 2.76. The first-order chi connectivity index (χ1) is 11.3. The van der Waals surface area contributed by atoms with Gasteiger partial charge in [-0.05, 0) is 6.92 Å². The standard InChI is InChI=1S/C16H18N4O3S/c1-11(19-24(2,22)23)16(21)20-9-13-8-17-15(18-14(13)10-20)12-6-4-3-5-7-12/h3-8,11,19H,9-10H2,1-2H3. The molecule has 1 aromatic carbocycles. The molecule has 126 valence electrons.